The van der Waals surface area contributed by atoms with E-state index >= 15 is 0 Å². The SMILES string of the molecule is COCCNC(=O)C1C(c2cccc(NC(=O)c3ccc(C)cc3)c2)OC(=O)N1Cc1ccc(C)cc1. The molecule has 1 saturated heterocycles. The minimum atomic E-state index is -0.895. The second-order valence-corrected chi connectivity index (χ2v) is 9.09. The Labute approximate surface area is 216 Å². The van der Waals surface area contributed by atoms with Crippen LogP contribution in [0.25, 0.3) is 0 Å². The lowest BCUT2D eigenvalue weighted by Gasteiger charge is -2.24. The van der Waals surface area contributed by atoms with Crippen molar-refractivity contribution >= 4 is 23.6 Å². The molecule has 3 aromatic rings. The number of cyclic esters (lactones) is 1. The maximum atomic E-state index is 13.3. The quantitative estimate of drug-likeness (QED) is 0.424. The highest BCUT2D eigenvalue weighted by Crippen LogP contribution is 2.35. The monoisotopic (exact) mass is 501 g/mol. The Kier molecular flexibility index (Phi) is 8.20. The smallest absolute Gasteiger partial charge is 0.411 e. The second kappa shape index (κ2) is 11.7. The number of rotatable bonds is 9. The summed E-state index contributed by atoms with van der Waals surface area (Å²) in [7, 11) is 1.55. The van der Waals surface area contributed by atoms with Crippen LogP contribution in [0.3, 0.4) is 0 Å². The van der Waals surface area contributed by atoms with Gasteiger partial charge in [0.1, 0.15) is 0 Å². The highest BCUT2D eigenvalue weighted by Gasteiger charge is 2.47. The molecule has 3 aromatic carbocycles. The van der Waals surface area contributed by atoms with Gasteiger partial charge in [-0.25, -0.2) is 4.79 Å². The number of hydrogen-bond donors (Lipinski definition) is 2. The van der Waals surface area contributed by atoms with Crippen molar-refractivity contribution in [1.29, 1.82) is 0 Å². The molecule has 0 aromatic heterocycles. The summed E-state index contributed by atoms with van der Waals surface area (Å²) in [6, 6.07) is 21.2. The first-order chi connectivity index (χ1) is 17.9. The Morgan fingerprint density at radius 1 is 0.973 bits per heavy atom. The molecule has 37 heavy (non-hydrogen) atoms. The molecule has 2 unspecified atom stereocenters. The second-order valence-electron chi connectivity index (χ2n) is 9.09. The van der Waals surface area contributed by atoms with Crippen LogP contribution in [-0.2, 0) is 20.8 Å². The largest absolute Gasteiger partial charge is 0.438 e. The van der Waals surface area contributed by atoms with Crippen LogP contribution in [0.1, 0.15) is 38.7 Å². The molecule has 0 spiro atoms. The number of anilines is 1. The molecule has 1 aliphatic heterocycles. The number of carbonyl (C=O) groups excluding carboxylic acids is 3. The zero-order chi connectivity index (χ0) is 26.4. The van der Waals surface area contributed by atoms with Crippen molar-refractivity contribution in [3.63, 3.8) is 0 Å². The van der Waals surface area contributed by atoms with Gasteiger partial charge in [-0.1, -0.05) is 59.7 Å². The molecule has 1 fully saturated rings. The Morgan fingerprint density at radius 2 is 1.65 bits per heavy atom. The Morgan fingerprint density at radius 3 is 2.32 bits per heavy atom. The summed E-state index contributed by atoms with van der Waals surface area (Å²) >= 11 is 0. The fraction of sp³-hybridized carbons (Fsp3) is 0.276. The first kappa shape index (κ1) is 25.9. The molecule has 192 valence electrons. The number of carbonyl (C=O) groups is 3. The van der Waals surface area contributed by atoms with Crippen LogP contribution in [-0.4, -0.2) is 49.1 Å². The normalized spacial score (nSPS) is 16.8. The predicted octanol–water partition coefficient (Wildman–Crippen LogP) is 4.38. The number of methoxy groups -OCH3 is 1. The molecule has 0 aliphatic carbocycles. The van der Waals surface area contributed by atoms with E-state index in [1.807, 2.05) is 50.2 Å². The van der Waals surface area contributed by atoms with E-state index in [1.165, 1.54) is 4.90 Å². The van der Waals surface area contributed by atoms with Crippen LogP contribution in [0.15, 0.2) is 72.8 Å². The lowest BCUT2D eigenvalue weighted by atomic mass is 10.00. The van der Waals surface area contributed by atoms with E-state index in [0.717, 1.165) is 16.7 Å². The van der Waals surface area contributed by atoms with Crippen LogP contribution in [0.2, 0.25) is 0 Å². The van der Waals surface area contributed by atoms with Gasteiger partial charge in [0, 0.05) is 24.9 Å². The van der Waals surface area contributed by atoms with E-state index in [4.69, 9.17) is 9.47 Å². The van der Waals surface area contributed by atoms with Gasteiger partial charge >= 0.3 is 6.09 Å². The van der Waals surface area contributed by atoms with Gasteiger partial charge in [-0.15, -0.1) is 0 Å². The first-order valence-corrected chi connectivity index (χ1v) is 12.1. The molecular weight excluding hydrogens is 470 g/mol. The highest BCUT2D eigenvalue weighted by atomic mass is 16.6. The maximum Gasteiger partial charge on any atom is 0.411 e. The Bertz CT molecular complexity index is 1260. The first-order valence-electron chi connectivity index (χ1n) is 12.1. The molecule has 0 bridgehead atoms. The van der Waals surface area contributed by atoms with Gasteiger partial charge in [0.2, 0.25) is 5.91 Å². The third-order valence-corrected chi connectivity index (χ3v) is 6.22. The summed E-state index contributed by atoms with van der Waals surface area (Å²) in [6.07, 6.45) is -1.43. The molecule has 1 aliphatic rings. The van der Waals surface area contributed by atoms with E-state index in [9.17, 15) is 14.4 Å². The number of ether oxygens (including phenoxy) is 2. The van der Waals surface area contributed by atoms with Gasteiger partial charge in [0.15, 0.2) is 12.1 Å². The summed E-state index contributed by atoms with van der Waals surface area (Å²) in [5.74, 6) is -0.593. The zero-order valence-electron chi connectivity index (χ0n) is 21.2. The number of nitrogens with zero attached hydrogens (tertiary/aromatic N) is 1. The molecule has 4 rings (SSSR count). The molecule has 0 saturated carbocycles. The van der Waals surface area contributed by atoms with Crippen LogP contribution >= 0.6 is 0 Å². The van der Waals surface area contributed by atoms with E-state index < -0.39 is 18.2 Å². The van der Waals surface area contributed by atoms with Crippen LogP contribution in [0.5, 0.6) is 0 Å². The number of nitrogens with one attached hydrogen (secondary N) is 2. The fourth-order valence-corrected chi connectivity index (χ4v) is 4.18. The molecule has 0 radical (unpaired) electrons. The van der Waals surface area contributed by atoms with Crippen LogP contribution in [0.4, 0.5) is 10.5 Å². The highest BCUT2D eigenvalue weighted by molar-refractivity contribution is 6.04. The van der Waals surface area contributed by atoms with Gasteiger partial charge in [0.25, 0.3) is 5.91 Å². The van der Waals surface area contributed by atoms with Crippen molar-refractivity contribution in [2.45, 2.75) is 32.5 Å². The summed E-state index contributed by atoms with van der Waals surface area (Å²) in [5.41, 5.74) is 4.72. The van der Waals surface area contributed by atoms with Crippen LogP contribution in [0, 0.1) is 13.8 Å². The molecule has 2 atom stereocenters. The molecular formula is C29H31N3O5. The van der Waals surface area contributed by atoms with Crippen LogP contribution < -0.4 is 10.6 Å². The number of amides is 3. The van der Waals surface area contributed by atoms with Gasteiger partial charge in [-0.2, -0.15) is 0 Å². The molecule has 3 amide bonds. The molecule has 2 N–H and O–H groups in total. The van der Waals surface area contributed by atoms with E-state index in [2.05, 4.69) is 10.6 Å². The lowest BCUT2D eigenvalue weighted by molar-refractivity contribution is -0.126. The van der Waals surface area contributed by atoms with Crippen molar-refractivity contribution in [1.82, 2.24) is 10.2 Å². The molecule has 1 heterocycles. The predicted molar refractivity (Wildman–Crippen MR) is 140 cm³/mol. The van der Waals surface area contributed by atoms with Crippen molar-refractivity contribution in [3.05, 3.63) is 101 Å². The summed E-state index contributed by atoms with van der Waals surface area (Å²) in [4.78, 5) is 40.4. The van der Waals surface area contributed by atoms with Gasteiger partial charge in [-0.3, -0.25) is 14.5 Å². The summed E-state index contributed by atoms with van der Waals surface area (Å²) in [5, 5.41) is 5.72. The topological polar surface area (TPSA) is 97.0 Å². The van der Waals surface area contributed by atoms with E-state index in [-0.39, 0.29) is 18.4 Å². The van der Waals surface area contributed by atoms with E-state index in [0.29, 0.717) is 30.0 Å². The molecule has 8 nitrogen and oxygen atoms in total. The van der Waals surface area contributed by atoms with Gasteiger partial charge in [0.05, 0.1) is 13.2 Å². The number of hydrogen-bond acceptors (Lipinski definition) is 5. The van der Waals surface area contributed by atoms with Crippen molar-refractivity contribution in [2.75, 3.05) is 25.6 Å². The fourth-order valence-electron chi connectivity index (χ4n) is 4.18. The third-order valence-electron chi connectivity index (χ3n) is 6.22. The average molecular weight is 502 g/mol. The van der Waals surface area contributed by atoms with Crippen molar-refractivity contribution < 1.29 is 23.9 Å². The van der Waals surface area contributed by atoms with Gasteiger partial charge < -0.3 is 20.1 Å². The van der Waals surface area contributed by atoms with Crippen molar-refractivity contribution in [3.8, 4) is 0 Å². The molecule has 8 heteroatoms. The summed E-state index contributed by atoms with van der Waals surface area (Å²) in [6.45, 7) is 4.81. The zero-order valence-corrected chi connectivity index (χ0v) is 21.2. The lowest BCUT2D eigenvalue weighted by Crippen LogP contribution is -2.47. The van der Waals surface area contributed by atoms with Gasteiger partial charge in [-0.05, 0) is 49.2 Å². The van der Waals surface area contributed by atoms with Crippen molar-refractivity contribution in [2.24, 2.45) is 0 Å². The number of aryl methyl sites for hydroxylation is 2. The minimum absolute atomic E-state index is 0.224. The average Bonchev–Trinajstić information content (AvgIpc) is 3.22. The Balaban J connectivity index is 1.58. The maximum absolute atomic E-state index is 13.3. The van der Waals surface area contributed by atoms with E-state index in [1.54, 1.807) is 43.5 Å². The Hall–Kier alpha value is -4.17. The minimum Gasteiger partial charge on any atom is -0.438 e. The number of benzene rings is 3. The standard InChI is InChI=1S/C29H31N3O5/c1-19-7-11-21(12-8-19)18-32-25(28(34)30-15-16-36-3)26(37-29(32)35)23-5-4-6-24(17-23)31-27(33)22-13-9-20(2)10-14-22/h4-14,17,25-26H,15-16,18H2,1-3H3,(H,30,34)(H,31,33). The summed E-state index contributed by atoms with van der Waals surface area (Å²) < 4.78 is 10.8. The third kappa shape index (κ3) is 6.34.